The van der Waals surface area contributed by atoms with Crippen LogP contribution in [0.5, 0.6) is 11.5 Å². The van der Waals surface area contributed by atoms with Gasteiger partial charge in [0.1, 0.15) is 30.2 Å². The van der Waals surface area contributed by atoms with Crippen molar-refractivity contribution in [3.05, 3.63) is 99.1 Å². The number of carbonyl (C=O) groups is 1. The Hall–Kier alpha value is -4.69. The number of carbonyl (C=O) groups excluding carboxylic acids is 1. The van der Waals surface area contributed by atoms with Crippen LogP contribution in [-0.2, 0) is 11.3 Å². The number of hydrogen-bond acceptors (Lipinski definition) is 7. The minimum Gasteiger partial charge on any atom is -0.457 e. The zero-order chi connectivity index (χ0) is 21.5. The molecular weight excluding hydrogens is 386 g/mol. The molecule has 0 heterocycles. The van der Waals surface area contributed by atoms with Crippen molar-refractivity contribution in [1.29, 1.82) is 10.5 Å². The molecule has 3 aromatic carbocycles. The fraction of sp³-hybridized carbons (Fsp3) is 0.0455. The molecule has 146 valence electrons. The largest absolute Gasteiger partial charge is 0.457 e. The molecule has 0 saturated heterocycles. The van der Waals surface area contributed by atoms with Crippen LogP contribution in [0.15, 0.2) is 66.7 Å². The SMILES string of the molecule is N#Cc1ccc(Oc2cccc(C(=O)OCc3ccc([N+](=O)[O-])cc3)c2)cc1C#N. The molecule has 0 aliphatic rings. The minimum atomic E-state index is -0.587. The average molecular weight is 399 g/mol. The second-order valence-corrected chi connectivity index (χ2v) is 6.06. The highest BCUT2D eigenvalue weighted by atomic mass is 16.6. The van der Waals surface area contributed by atoms with E-state index in [0.29, 0.717) is 17.1 Å². The summed E-state index contributed by atoms with van der Waals surface area (Å²) in [6.07, 6.45) is 0. The Morgan fingerprint density at radius 1 is 0.933 bits per heavy atom. The van der Waals surface area contributed by atoms with Crippen LogP contribution in [-0.4, -0.2) is 10.9 Å². The molecule has 0 unspecified atom stereocenters. The molecule has 0 aliphatic carbocycles. The van der Waals surface area contributed by atoms with E-state index in [-0.39, 0.29) is 29.0 Å². The van der Waals surface area contributed by atoms with Crippen molar-refractivity contribution in [3.63, 3.8) is 0 Å². The summed E-state index contributed by atoms with van der Waals surface area (Å²) in [6.45, 7) is -0.0386. The lowest BCUT2D eigenvalue weighted by molar-refractivity contribution is -0.384. The van der Waals surface area contributed by atoms with Crippen LogP contribution < -0.4 is 4.74 Å². The van der Waals surface area contributed by atoms with Gasteiger partial charge in [-0.05, 0) is 54.1 Å². The number of hydrogen-bond donors (Lipinski definition) is 0. The summed E-state index contributed by atoms with van der Waals surface area (Å²) in [6, 6.07) is 20.3. The van der Waals surface area contributed by atoms with Crippen LogP contribution in [0.25, 0.3) is 0 Å². The van der Waals surface area contributed by atoms with Crippen molar-refractivity contribution >= 4 is 11.7 Å². The van der Waals surface area contributed by atoms with Crippen LogP contribution in [0.3, 0.4) is 0 Å². The fourth-order valence-electron chi connectivity index (χ4n) is 2.55. The molecular formula is C22H13N3O5. The number of nitriles is 2. The summed E-state index contributed by atoms with van der Waals surface area (Å²) in [5, 5.41) is 28.7. The lowest BCUT2D eigenvalue weighted by atomic mass is 10.1. The van der Waals surface area contributed by atoms with Gasteiger partial charge in [-0.3, -0.25) is 10.1 Å². The van der Waals surface area contributed by atoms with Gasteiger partial charge in [0, 0.05) is 12.1 Å². The van der Waals surface area contributed by atoms with Crippen molar-refractivity contribution in [3.8, 4) is 23.6 Å². The van der Waals surface area contributed by atoms with E-state index >= 15 is 0 Å². The lowest BCUT2D eigenvalue weighted by Gasteiger charge is -2.09. The molecule has 0 N–H and O–H groups in total. The van der Waals surface area contributed by atoms with Gasteiger partial charge >= 0.3 is 5.97 Å². The molecule has 8 heteroatoms. The Kier molecular flexibility index (Phi) is 6.02. The third-order valence-electron chi connectivity index (χ3n) is 4.05. The molecule has 3 rings (SSSR count). The maximum atomic E-state index is 12.3. The quantitative estimate of drug-likeness (QED) is 0.339. The van der Waals surface area contributed by atoms with Gasteiger partial charge in [-0.15, -0.1) is 0 Å². The molecule has 0 amide bonds. The lowest BCUT2D eigenvalue weighted by Crippen LogP contribution is -2.05. The number of rotatable bonds is 6. The molecule has 0 atom stereocenters. The van der Waals surface area contributed by atoms with E-state index in [0.717, 1.165) is 0 Å². The number of ether oxygens (including phenoxy) is 2. The van der Waals surface area contributed by atoms with Crippen LogP contribution in [0.1, 0.15) is 27.0 Å². The standard InChI is InChI=1S/C22H13N3O5/c23-12-17-6-9-21(11-18(17)13-24)30-20-3-1-2-16(10-20)22(26)29-14-15-4-7-19(8-5-15)25(27)28/h1-11H,14H2. The normalized spacial score (nSPS) is 9.80. The first-order valence-electron chi connectivity index (χ1n) is 8.63. The molecule has 0 bridgehead atoms. The van der Waals surface area contributed by atoms with Crippen molar-refractivity contribution in [2.24, 2.45) is 0 Å². The number of nitro benzene ring substituents is 1. The molecule has 0 saturated carbocycles. The maximum absolute atomic E-state index is 12.3. The monoisotopic (exact) mass is 399 g/mol. The number of non-ortho nitro benzene ring substituents is 1. The van der Waals surface area contributed by atoms with E-state index in [1.54, 1.807) is 24.3 Å². The Morgan fingerprint density at radius 3 is 2.30 bits per heavy atom. The first kappa shape index (κ1) is 20.1. The zero-order valence-corrected chi connectivity index (χ0v) is 15.4. The van der Waals surface area contributed by atoms with Gasteiger partial charge in [0.25, 0.3) is 5.69 Å². The van der Waals surface area contributed by atoms with E-state index in [1.165, 1.54) is 42.5 Å². The van der Waals surface area contributed by atoms with Gasteiger partial charge in [-0.25, -0.2) is 4.79 Å². The van der Waals surface area contributed by atoms with E-state index in [2.05, 4.69) is 0 Å². The fourth-order valence-corrected chi connectivity index (χ4v) is 2.55. The summed E-state index contributed by atoms with van der Waals surface area (Å²) in [4.78, 5) is 22.5. The van der Waals surface area contributed by atoms with E-state index in [4.69, 9.17) is 20.0 Å². The van der Waals surface area contributed by atoms with E-state index in [1.807, 2.05) is 12.1 Å². The number of nitro groups is 1. The molecule has 30 heavy (non-hydrogen) atoms. The summed E-state index contributed by atoms with van der Waals surface area (Å²) in [5.74, 6) is 0.117. The number of benzene rings is 3. The van der Waals surface area contributed by atoms with E-state index in [9.17, 15) is 14.9 Å². The number of nitrogens with zero attached hydrogens (tertiary/aromatic N) is 3. The second-order valence-electron chi connectivity index (χ2n) is 6.06. The third-order valence-corrected chi connectivity index (χ3v) is 4.05. The highest BCUT2D eigenvalue weighted by Gasteiger charge is 2.11. The second kappa shape index (κ2) is 9.00. The zero-order valence-electron chi connectivity index (χ0n) is 15.4. The highest BCUT2D eigenvalue weighted by molar-refractivity contribution is 5.89. The first-order valence-corrected chi connectivity index (χ1v) is 8.63. The van der Waals surface area contributed by atoms with Crippen LogP contribution in [0.2, 0.25) is 0 Å². The van der Waals surface area contributed by atoms with Crippen LogP contribution >= 0.6 is 0 Å². The predicted octanol–water partition coefficient (Wildman–Crippen LogP) is 4.49. The third kappa shape index (κ3) is 4.77. The van der Waals surface area contributed by atoms with Crippen LogP contribution in [0, 0.1) is 32.8 Å². The Bertz CT molecular complexity index is 1190. The average Bonchev–Trinajstić information content (AvgIpc) is 2.77. The van der Waals surface area contributed by atoms with Crippen molar-refractivity contribution in [2.75, 3.05) is 0 Å². The topological polar surface area (TPSA) is 126 Å². The Labute approximate surface area is 171 Å². The summed E-state index contributed by atoms with van der Waals surface area (Å²) in [5.41, 5.74) is 1.26. The molecule has 0 aliphatic heterocycles. The minimum absolute atomic E-state index is 0.0386. The van der Waals surface area contributed by atoms with Gasteiger partial charge in [-0.2, -0.15) is 10.5 Å². The van der Waals surface area contributed by atoms with E-state index < -0.39 is 10.9 Å². The molecule has 0 radical (unpaired) electrons. The first-order chi connectivity index (χ1) is 14.5. The summed E-state index contributed by atoms with van der Waals surface area (Å²) >= 11 is 0. The maximum Gasteiger partial charge on any atom is 0.338 e. The van der Waals surface area contributed by atoms with Gasteiger partial charge < -0.3 is 9.47 Å². The van der Waals surface area contributed by atoms with Gasteiger partial charge in [0.2, 0.25) is 0 Å². The molecule has 0 fully saturated rings. The summed E-state index contributed by atoms with van der Waals surface area (Å²) in [7, 11) is 0. The van der Waals surface area contributed by atoms with Crippen molar-refractivity contribution in [2.45, 2.75) is 6.61 Å². The molecule has 8 nitrogen and oxygen atoms in total. The molecule has 0 spiro atoms. The van der Waals surface area contributed by atoms with Gasteiger partial charge in [-0.1, -0.05) is 6.07 Å². The van der Waals surface area contributed by atoms with Crippen molar-refractivity contribution in [1.82, 2.24) is 0 Å². The Balaban J connectivity index is 1.67. The Morgan fingerprint density at radius 2 is 1.63 bits per heavy atom. The highest BCUT2D eigenvalue weighted by Crippen LogP contribution is 2.25. The predicted molar refractivity (Wildman–Crippen MR) is 105 cm³/mol. The van der Waals surface area contributed by atoms with Gasteiger partial charge in [0.05, 0.1) is 21.6 Å². The van der Waals surface area contributed by atoms with Crippen LogP contribution in [0.4, 0.5) is 5.69 Å². The smallest absolute Gasteiger partial charge is 0.338 e. The van der Waals surface area contributed by atoms with Crippen molar-refractivity contribution < 1.29 is 19.2 Å². The number of esters is 1. The summed E-state index contributed by atoms with van der Waals surface area (Å²) < 4.78 is 10.9. The van der Waals surface area contributed by atoms with Gasteiger partial charge in [0.15, 0.2) is 0 Å². The molecule has 0 aromatic heterocycles. The molecule has 3 aromatic rings.